The van der Waals surface area contributed by atoms with Gasteiger partial charge in [0.2, 0.25) is 0 Å². The van der Waals surface area contributed by atoms with Gasteiger partial charge in [0.05, 0.1) is 31.5 Å². The molecule has 0 unspecified atom stereocenters. The zero-order valence-corrected chi connectivity index (χ0v) is 11.1. The number of carbonyl (C=O) groups is 1. The lowest BCUT2D eigenvalue weighted by atomic mass is 9.97. The maximum atomic E-state index is 12.1. The van der Waals surface area contributed by atoms with Crippen LogP contribution in [-0.4, -0.2) is 42.0 Å². The van der Waals surface area contributed by atoms with Crippen LogP contribution in [-0.2, 0) is 0 Å². The standard InChI is InChI=1S/C13H20N2O4/c1-3-13(7-16,8-17)15-12(18)9-4-5-11(19-2)10(14)6-9/h4-6,16-17H,3,7-8,14H2,1-2H3,(H,15,18). The van der Waals surface area contributed by atoms with Crippen molar-refractivity contribution in [2.45, 2.75) is 18.9 Å². The van der Waals surface area contributed by atoms with Gasteiger partial charge in [0.1, 0.15) is 5.75 Å². The average Bonchev–Trinajstić information content (AvgIpc) is 2.44. The summed E-state index contributed by atoms with van der Waals surface area (Å²) in [7, 11) is 1.49. The molecule has 19 heavy (non-hydrogen) atoms. The van der Waals surface area contributed by atoms with Crippen molar-refractivity contribution in [2.75, 3.05) is 26.1 Å². The summed E-state index contributed by atoms with van der Waals surface area (Å²) in [6.07, 6.45) is 0.414. The Labute approximate surface area is 112 Å². The van der Waals surface area contributed by atoms with Gasteiger partial charge in [-0.1, -0.05) is 6.92 Å². The molecule has 6 heteroatoms. The maximum Gasteiger partial charge on any atom is 0.251 e. The van der Waals surface area contributed by atoms with Crippen LogP contribution in [0.1, 0.15) is 23.7 Å². The highest BCUT2D eigenvalue weighted by atomic mass is 16.5. The normalized spacial score (nSPS) is 11.2. The van der Waals surface area contributed by atoms with Crippen molar-refractivity contribution >= 4 is 11.6 Å². The number of rotatable bonds is 6. The summed E-state index contributed by atoms with van der Waals surface area (Å²) in [5, 5.41) is 21.2. The van der Waals surface area contributed by atoms with Gasteiger partial charge in [0.25, 0.3) is 5.91 Å². The molecular weight excluding hydrogens is 248 g/mol. The fourth-order valence-corrected chi connectivity index (χ4v) is 1.63. The number of aliphatic hydroxyl groups excluding tert-OH is 2. The molecule has 6 nitrogen and oxygen atoms in total. The molecule has 0 aromatic heterocycles. The van der Waals surface area contributed by atoms with E-state index in [0.29, 0.717) is 23.4 Å². The molecule has 1 aromatic rings. The highest BCUT2D eigenvalue weighted by molar-refractivity contribution is 5.96. The quantitative estimate of drug-likeness (QED) is 0.549. The number of hydrogen-bond donors (Lipinski definition) is 4. The number of nitrogens with one attached hydrogen (secondary N) is 1. The van der Waals surface area contributed by atoms with Crippen LogP contribution >= 0.6 is 0 Å². The van der Waals surface area contributed by atoms with Crippen LogP contribution < -0.4 is 15.8 Å². The van der Waals surface area contributed by atoms with Crippen LogP contribution in [0.25, 0.3) is 0 Å². The Balaban J connectivity index is 2.92. The smallest absolute Gasteiger partial charge is 0.251 e. The molecule has 0 saturated carbocycles. The molecule has 0 fully saturated rings. The average molecular weight is 268 g/mol. The number of carbonyl (C=O) groups excluding carboxylic acids is 1. The van der Waals surface area contributed by atoms with Crippen molar-refractivity contribution in [2.24, 2.45) is 0 Å². The Morgan fingerprint density at radius 1 is 1.42 bits per heavy atom. The molecule has 0 spiro atoms. The summed E-state index contributed by atoms with van der Waals surface area (Å²) in [4.78, 5) is 12.1. The summed E-state index contributed by atoms with van der Waals surface area (Å²) in [5.41, 5.74) is 5.40. The first kappa shape index (κ1) is 15.3. The largest absolute Gasteiger partial charge is 0.495 e. The molecule has 0 aliphatic carbocycles. The number of amides is 1. The Hall–Kier alpha value is -1.79. The van der Waals surface area contributed by atoms with Crippen molar-refractivity contribution in [3.8, 4) is 5.75 Å². The van der Waals surface area contributed by atoms with E-state index in [2.05, 4.69) is 5.32 Å². The van der Waals surface area contributed by atoms with Crippen molar-refractivity contribution < 1.29 is 19.7 Å². The van der Waals surface area contributed by atoms with Crippen LogP contribution in [0.2, 0.25) is 0 Å². The molecule has 0 aliphatic rings. The van der Waals surface area contributed by atoms with E-state index in [-0.39, 0.29) is 13.2 Å². The van der Waals surface area contributed by atoms with Gasteiger partial charge in [-0.3, -0.25) is 4.79 Å². The minimum absolute atomic E-state index is 0.336. The van der Waals surface area contributed by atoms with Gasteiger partial charge < -0.3 is 26.0 Å². The lowest BCUT2D eigenvalue weighted by molar-refractivity contribution is 0.0653. The third-order valence-corrected chi connectivity index (χ3v) is 3.15. The summed E-state index contributed by atoms with van der Waals surface area (Å²) < 4.78 is 5.01. The molecule has 0 bridgehead atoms. The van der Waals surface area contributed by atoms with Gasteiger partial charge in [-0.05, 0) is 24.6 Å². The number of aliphatic hydroxyl groups is 2. The number of hydrogen-bond acceptors (Lipinski definition) is 5. The van der Waals surface area contributed by atoms with Crippen molar-refractivity contribution in [1.29, 1.82) is 0 Å². The predicted octanol–water partition coefficient (Wildman–Crippen LogP) is 0.141. The van der Waals surface area contributed by atoms with Crippen LogP contribution in [0.5, 0.6) is 5.75 Å². The molecule has 1 aromatic carbocycles. The molecule has 106 valence electrons. The lowest BCUT2D eigenvalue weighted by Gasteiger charge is -2.29. The third kappa shape index (κ3) is 3.36. The Kier molecular flexibility index (Phi) is 5.14. The Morgan fingerprint density at radius 3 is 2.47 bits per heavy atom. The molecule has 0 heterocycles. The van der Waals surface area contributed by atoms with E-state index in [1.54, 1.807) is 19.1 Å². The Morgan fingerprint density at radius 2 is 2.05 bits per heavy atom. The molecular formula is C13H20N2O4. The zero-order chi connectivity index (χ0) is 14.5. The van der Waals surface area contributed by atoms with Gasteiger partial charge in [0, 0.05) is 5.56 Å². The Bertz CT molecular complexity index is 436. The molecule has 1 amide bonds. The highest BCUT2D eigenvalue weighted by Crippen LogP contribution is 2.22. The van der Waals surface area contributed by atoms with E-state index in [1.807, 2.05) is 0 Å². The summed E-state index contributed by atoms with van der Waals surface area (Å²) in [5.74, 6) is 0.0851. The molecule has 5 N–H and O–H groups in total. The van der Waals surface area contributed by atoms with Crippen LogP contribution in [0.15, 0.2) is 18.2 Å². The van der Waals surface area contributed by atoms with Crippen LogP contribution in [0.4, 0.5) is 5.69 Å². The number of methoxy groups -OCH3 is 1. The molecule has 0 saturated heterocycles. The van der Waals surface area contributed by atoms with Gasteiger partial charge in [0.15, 0.2) is 0 Å². The predicted molar refractivity (Wildman–Crippen MR) is 72.1 cm³/mol. The monoisotopic (exact) mass is 268 g/mol. The molecule has 0 aliphatic heterocycles. The van der Waals surface area contributed by atoms with Crippen LogP contribution in [0.3, 0.4) is 0 Å². The zero-order valence-electron chi connectivity index (χ0n) is 11.1. The SMILES string of the molecule is CCC(CO)(CO)NC(=O)c1ccc(OC)c(N)c1. The van der Waals surface area contributed by atoms with Crippen molar-refractivity contribution in [3.63, 3.8) is 0 Å². The number of nitrogen functional groups attached to an aromatic ring is 1. The number of benzene rings is 1. The summed E-state index contributed by atoms with van der Waals surface area (Å²) in [6.45, 7) is 1.10. The fraction of sp³-hybridized carbons (Fsp3) is 0.462. The molecule has 1 rings (SSSR count). The van der Waals surface area contributed by atoms with Gasteiger partial charge in [-0.15, -0.1) is 0 Å². The van der Waals surface area contributed by atoms with Gasteiger partial charge in [-0.2, -0.15) is 0 Å². The van der Waals surface area contributed by atoms with E-state index < -0.39 is 11.4 Å². The number of nitrogens with two attached hydrogens (primary N) is 1. The second-order valence-electron chi connectivity index (χ2n) is 4.36. The maximum absolute atomic E-state index is 12.1. The number of anilines is 1. The van der Waals surface area contributed by atoms with E-state index in [1.165, 1.54) is 13.2 Å². The van der Waals surface area contributed by atoms with Gasteiger partial charge in [-0.25, -0.2) is 0 Å². The van der Waals surface area contributed by atoms with E-state index in [9.17, 15) is 15.0 Å². The summed E-state index contributed by atoms with van der Waals surface area (Å²) >= 11 is 0. The van der Waals surface area contributed by atoms with E-state index in [4.69, 9.17) is 10.5 Å². The fourth-order valence-electron chi connectivity index (χ4n) is 1.63. The lowest BCUT2D eigenvalue weighted by Crippen LogP contribution is -2.53. The first-order valence-electron chi connectivity index (χ1n) is 5.99. The van der Waals surface area contributed by atoms with E-state index in [0.717, 1.165) is 0 Å². The molecule has 0 radical (unpaired) electrons. The topological polar surface area (TPSA) is 105 Å². The first-order valence-corrected chi connectivity index (χ1v) is 5.99. The van der Waals surface area contributed by atoms with Crippen molar-refractivity contribution in [1.82, 2.24) is 5.32 Å². The molecule has 0 atom stereocenters. The van der Waals surface area contributed by atoms with Crippen LogP contribution in [0, 0.1) is 0 Å². The van der Waals surface area contributed by atoms with E-state index >= 15 is 0 Å². The van der Waals surface area contributed by atoms with Crippen molar-refractivity contribution in [3.05, 3.63) is 23.8 Å². The summed E-state index contributed by atoms with van der Waals surface area (Å²) in [6, 6.07) is 4.65. The minimum atomic E-state index is -1.02. The first-order chi connectivity index (χ1) is 9.01. The minimum Gasteiger partial charge on any atom is -0.495 e. The highest BCUT2D eigenvalue weighted by Gasteiger charge is 2.29. The number of ether oxygens (including phenoxy) is 1. The second-order valence-corrected chi connectivity index (χ2v) is 4.36. The van der Waals surface area contributed by atoms with Gasteiger partial charge >= 0.3 is 0 Å². The third-order valence-electron chi connectivity index (χ3n) is 3.15. The second kappa shape index (κ2) is 6.40.